The second-order valence-electron chi connectivity index (χ2n) is 4.08. The third-order valence-electron chi connectivity index (χ3n) is 2.46. The number of hydrogen-bond donors (Lipinski definition) is 2. The number of para-hydroxylation sites is 1. The highest BCUT2D eigenvalue weighted by atomic mass is 16.4. The van der Waals surface area contributed by atoms with E-state index in [1.807, 2.05) is 37.3 Å². The molecule has 0 atom stereocenters. The number of carboxylic acid groups (broad SMARTS) is 1. The summed E-state index contributed by atoms with van der Waals surface area (Å²) in [4.78, 5) is 22.0. The standard InChI is InChI=1S/C14H13N3O3/c1-10-9-12(15-13(18)7-8-14(19)20)17(16-10)11-5-3-2-4-6-11/h2-9H,1H3,(H,15,18)(H,19,20). The van der Waals surface area contributed by atoms with Crippen LogP contribution in [0.25, 0.3) is 5.69 Å². The van der Waals surface area contributed by atoms with Crippen molar-refractivity contribution >= 4 is 17.7 Å². The van der Waals surface area contributed by atoms with Crippen LogP contribution in [-0.4, -0.2) is 26.8 Å². The molecule has 1 aromatic heterocycles. The fourth-order valence-electron chi connectivity index (χ4n) is 1.67. The second kappa shape index (κ2) is 5.83. The second-order valence-corrected chi connectivity index (χ2v) is 4.08. The van der Waals surface area contributed by atoms with Crippen LogP contribution in [0.2, 0.25) is 0 Å². The number of hydrogen-bond acceptors (Lipinski definition) is 3. The molecule has 0 saturated heterocycles. The van der Waals surface area contributed by atoms with Crippen LogP contribution in [0.5, 0.6) is 0 Å². The van der Waals surface area contributed by atoms with Crippen LogP contribution in [-0.2, 0) is 9.59 Å². The summed E-state index contributed by atoms with van der Waals surface area (Å²) in [6.45, 7) is 1.81. The molecule has 102 valence electrons. The molecule has 0 aliphatic rings. The number of aliphatic carboxylic acids is 1. The molecule has 0 unspecified atom stereocenters. The molecular formula is C14H13N3O3. The fraction of sp³-hybridized carbons (Fsp3) is 0.0714. The van der Waals surface area contributed by atoms with Crippen molar-refractivity contribution in [1.29, 1.82) is 0 Å². The molecule has 2 aromatic rings. The van der Waals surface area contributed by atoms with Crippen molar-refractivity contribution in [1.82, 2.24) is 9.78 Å². The summed E-state index contributed by atoms with van der Waals surface area (Å²) < 4.78 is 1.59. The summed E-state index contributed by atoms with van der Waals surface area (Å²) in [5.41, 5.74) is 1.55. The molecular weight excluding hydrogens is 258 g/mol. The number of nitrogens with one attached hydrogen (secondary N) is 1. The maximum absolute atomic E-state index is 11.6. The minimum atomic E-state index is -1.17. The molecule has 0 saturated carbocycles. The van der Waals surface area contributed by atoms with E-state index in [0.717, 1.165) is 23.5 Å². The Balaban J connectivity index is 2.25. The average Bonchev–Trinajstić information content (AvgIpc) is 2.78. The van der Waals surface area contributed by atoms with Gasteiger partial charge >= 0.3 is 5.97 Å². The summed E-state index contributed by atoms with van der Waals surface area (Å²) in [6, 6.07) is 11.0. The molecule has 0 radical (unpaired) electrons. The van der Waals surface area contributed by atoms with Gasteiger partial charge in [-0.1, -0.05) is 18.2 Å². The number of anilines is 1. The summed E-state index contributed by atoms with van der Waals surface area (Å²) in [5, 5.41) is 15.4. The Labute approximate surface area is 115 Å². The van der Waals surface area contributed by atoms with Gasteiger partial charge in [0, 0.05) is 18.2 Å². The summed E-state index contributed by atoms with van der Waals surface area (Å²) >= 11 is 0. The highest BCUT2D eigenvalue weighted by Gasteiger charge is 2.09. The Bertz CT molecular complexity index is 660. The van der Waals surface area contributed by atoms with Crippen molar-refractivity contribution in [3.05, 3.63) is 54.2 Å². The maximum Gasteiger partial charge on any atom is 0.328 e. The first kappa shape index (κ1) is 13.5. The lowest BCUT2D eigenvalue weighted by molar-refractivity contribution is -0.131. The minimum absolute atomic E-state index is 0.480. The first-order chi connectivity index (χ1) is 9.56. The number of carbonyl (C=O) groups excluding carboxylic acids is 1. The van der Waals surface area contributed by atoms with Gasteiger partial charge in [-0.15, -0.1) is 0 Å². The molecule has 6 nitrogen and oxygen atoms in total. The van der Waals surface area contributed by atoms with Crippen molar-refractivity contribution in [2.75, 3.05) is 5.32 Å². The van der Waals surface area contributed by atoms with Crippen LogP contribution in [0.15, 0.2) is 48.6 Å². The van der Waals surface area contributed by atoms with Gasteiger partial charge in [-0.2, -0.15) is 5.10 Å². The summed E-state index contributed by atoms with van der Waals surface area (Å²) in [7, 11) is 0. The molecule has 0 bridgehead atoms. The third kappa shape index (κ3) is 3.32. The van der Waals surface area contributed by atoms with Gasteiger partial charge in [-0.25, -0.2) is 9.48 Å². The van der Waals surface area contributed by atoms with E-state index in [4.69, 9.17) is 5.11 Å². The first-order valence-corrected chi connectivity index (χ1v) is 5.90. The summed E-state index contributed by atoms with van der Waals surface area (Å²) in [6.07, 6.45) is 1.74. The van der Waals surface area contributed by atoms with Crippen LogP contribution < -0.4 is 5.32 Å². The molecule has 2 rings (SSSR count). The lowest BCUT2D eigenvalue weighted by Gasteiger charge is -2.07. The number of nitrogens with zero attached hydrogens (tertiary/aromatic N) is 2. The van der Waals surface area contributed by atoms with E-state index in [9.17, 15) is 9.59 Å². The maximum atomic E-state index is 11.6. The van der Waals surface area contributed by atoms with Gasteiger partial charge in [-0.05, 0) is 19.1 Å². The van der Waals surface area contributed by atoms with Crippen LogP contribution in [0.4, 0.5) is 5.82 Å². The number of aryl methyl sites for hydroxylation is 1. The molecule has 0 spiro atoms. The number of aromatic nitrogens is 2. The van der Waals surface area contributed by atoms with E-state index in [2.05, 4.69) is 10.4 Å². The van der Waals surface area contributed by atoms with Gasteiger partial charge in [0.1, 0.15) is 5.82 Å². The molecule has 6 heteroatoms. The SMILES string of the molecule is Cc1cc(NC(=O)C=CC(=O)O)n(-c2ccccc2)n1. The van der Waals surface area contributed by atoms with Crippen LogP contribution in [0, 0.1) is 6.92 Å². The topological polar surface area (TPSA) is 84.2 Å². The van der Waals surface area contributed by atoms with E-state index < -0.39 is 11.9 Å². The predicted molar refractivity (Wildman–Crippen MR) is 73.7 cm³/mol. The summed E-state index contributed by atoms with van der Waals surface area (Å²) in [5.74, 6) is -1.22. The van der Waals surface area contributed by atoms with Crippen LogP contribution >= 0.6 is 0 Å². The van der Waals surface area contributed by atoms with E-state index in [1.54, 1.807) is 10.7 Å². The normalized spacial score (nSPS) is 10.7. The number of benzene rings is 1. The lowest BCUT2D eigenvalue weighted by Crippen LogP contribution is -2.12. The number of amides is 1. The van der Waals surface area contributed by atoms with Crippen molar-refractivity contribution in [3.8, 4) is 5.69 Å². The smallest absolute Gasteiger partial charge is 0.328 e. The van der Waals surface area contributed by atoms with E-state index in [1.165, 1.54) is 0 Å². The van der Waals surface area contributed by atoms with Crippen molar-refractivity contribution < 1.29 is 14.7 Å². The van der Waals surface area contributed by atoms with Gasteiger partial charge in [0.05, 0.1) is 11.4 Å². The first-order valence-electron chi connectivity index (χ1n) is 5.90. The minimum Gasteiger partial charge on any atom is -0.478 e. The van der Waals surface area contributed by atoms with E-state index in [-0.39, 0.29) is 0 Å². The average molecular weight is 271 g/mol. The Kier molecular flexibility index (Phi) is 3.95. The van der Waals surface area contributed by atoms with E-state index >= 15 is 0 Å². The third-order valence-corrected chi connectivity index (χ3v) is 2.46. The van der Waals surface area contributed by atoms with Gasteiger partial charge < -0.3 is 10.4 Å². The van der Waals surface area contributed by atoms with Gasteiger partial charge in [0.2, 0.25) is 5.91 Å². The molecule has 1 heterocycles. The zero-order valence-electron chi connectivity index (χ0n) is 10.8. The zero-order valence-corrected chi connectivity index (χ0v) is 10.8. The van der Waals surface area contributed by atoms with Crippen LogP contribution in [0.1, 0.15) is 5.69 Å². The predicted octanol–water partition coefficient (Wildman–Crippen LogP) is 1.76. The highest BCUT2D eigenvalue weighted by Crippen LogP contribution is 2.16. The monoisotopic (exact) mass is 271 g/mol. The fourth-order valence-corrected chi connectivity index (χ4v) is 1.67. The molecule has 1 aromatic carbocycles. The highest BCUT2D eigenvalue weighted by molar-refractivity contribution is 6.02. The molecule has 0 aliphatic heterocycles. The molecule has 1 amide bonds. The zero-order chi connectivity index (χ0) is 14.5. The number of rotatable bonds is 4. The molecule has 0 fully saturated rings. The quantitative estimate of drug-likeness (QED) is 0.830. The Morgan fingerprint density at radius 1 is 1.25 bits per heavy atom. The van der Waals surface area contributed by atoms with E-state index in [0.29, 0.717) is 5.82 Å². The largest absolute Gasteiger partial charge is 0.478 e. The Morgan fingerprint density at radius 2 is 1.95 bits per heavy atom. The van der Waals surface area contributed by atoms with Crippen molar-refractivity contribution in [2.45, 2.75) is 6.92 Å². The Hall–Kier alpha value is -2.89. The number of carboxylic acids is 1. The molecule has 0 aliphatic carbocycles. The Morgan fingerprint density at radius 3 is 2.60 bits per heavy atom. The van der Waals surface area contributed by atoms with Crippen LogP contribution in [0.3, 0.4) is 0 Å². The van der Waals surface area contributed by atoms with Gasteiger partial charge in [0.25, 0.3) is 0 Å². The van der Waals surface area contributed by atoms with Crippen molar-refractivity contribution in [2.24, 2.45) is 0 Å². The van der Waals surface area contributed by atoms with Crippen molar-refractivity contribution in [3.63, 3.8) is 0 Å². The molecule has 2 N–H and O–H groups in total. The van der Waals surface area contributed by atoms with Gasteiger partial charge in [-0.3, -0.25) is 4.79 Å². The molecule has 20 heavy (non-hydrogen) atoms. The lowest BCUT2D eigenvalue weighted by atomic mass is 10.3. The number of carbonyl (C=O) groups is 2. The van der Waals surface area contributed by atoms with Gasteiger partial charge in [0.15, 0.2) is 0 Å².